The molecule has 3 unspecified atom stereocenters. The van der Waals surface area contributed by atoms with E-state index in [4.69, 9.17) is 9.47 Å². The first-order chi connectivity index (χ1) is 13.5. The molecule has 5 aliphatic rings. The Kier molecular flexibility index (Phi) is 2.96. The third kappa shape index (κ3) is 1.37. The number of benzene rings is 1. The van der Waals surface area contributed by atoms with E-state index in [0.717, 1.165) is 37.2 Å². The molecule has 6 rings (SSSR count). The van der Waals surface area contributed by atoms with Crippen molar-refractivity contribution in [3.8, 4) is 5.75 Å². The highest BCUT2D eigenvalue weighted by Gasteiger charge is 2.86. The lowest BCUT2D eigenvalue weighted by Crippen LogP contribution is -2.80. The SMILES string of the molecule is C/C=C1/CN2CCC34c5cc(O)ccc5N(C)C35OC[C@@]4(C(=O)OC)C1C[C@H]25. The number of nitrogens with zero attached hydrogens (tertiary/aromatic N) is 2. The fourth-order valence-electron chi connectivity index (χ4n) is 7.78. The minimum absolute atomic E-state index is 0.101. The van der Waals surface area contributed by atoms with E-state index in [-0.39, 0.29) is 23.7 Å². The molecule has 148 valence electrons. The number of methoxy groups -OCH3 is 1. The summed E-state index contributed by atoms with van der Waals surface area (Å²) >= 11 is 0. The number of phenols is 1. The van der Waals surface area contributed by atoms with E-state index in [1.807, 2.05) is 12.1 Å². The molecular weight excluding hydrogens is 356 g/mol. The fraction of sp³-hybridized carbons (Fsp3) is 0.591. The van der Waals surface area contributed by atoms with Crippen molar-refractivity contribution in [3.05, 3.63) is 35.4 Å². The van der Waals surface area contributed by atoms with Crippen LogP contribution in [0.3, 0.4) is 0 Å². The maximum Gasteiger partial charge on any atom is 0.315 e. The molecule has 1 aromatic carbocycles. The van der Waals surface area contributed by atoms with Gasteiger partial charge in [-0.15, -0.1) is 0 Å². The number of anilines is 1. The maximum atomic E-state index is 13.6. The van der Waals surface area contributed by atoms with Crippen LogP contribution in [0.4, 0.5) is 5.69 Å². The summed E-state index contributed by atoms with van der Waals surface area (Å²) in [4.78, 5) is 18.4. The molecule has 3 saturated heterocycles. The van der Waals surface area contributed by atoms with Crippen molar-refractivity contribution in [2.24, 2.45) is 11.3 Å². The smallest absolute Gasteiger partial charge is 0.315 e. The lowest BCUT2D eigenvalue weighted by molar-refractivity contribution is -0.184. The van der Waals surface area contributed by atoms with Crippen LogP contribution in [0.5, 0.6) is 5.75 Å². The molecule has 5 bridgehead atoms. The number of carbonyl (C=O) groups excluding carboxylic acids is 1. The van der Waals surface area contributed by atoms with Gasteiger partial charge in [-0.05, 0) is 43.5 Å². The second kappa shape index (κ2) is 4.92. The number of ether oxygens (including phenoxy) is 2. The van der Waals surface area contributed by atoms with Crippen molar-refractivity contribution in [2.45, 2.75) is 36.9 Å². The van der Waals surface area contributed by atoms with Gasteiger partial charge in [0.15, 0.2) is 5.72 Å². The van der Waals surface area contributed by atoms with Crippen LogP contribution in [0.1, 0.15) is 25.3 Å². The van der Waals surface area contributed by atoms with Crippen LogP contribution in [0.2, 0.25) is 0 Å². The number of likely N-dealkylation sites (N-methyl/N-ethyl adjacent to an activating group) is 1. The normalized spacial score (nSPS) is 44.0. The number of piperidine rings is 2. The molecule has 28 heavy (non-hydrogen) atoms. The summed E-state index contributed by atoms with van der Waals surface area (Å²) in [6.07, 6.45) is 3.92. The Bertz CT molecular complexity index is 944. The van der Waals surface area contributed by atoms with Crippen molar-refractivity contribution in [1.29, 1.82) is 0 Å². The van der Waals surface area contributed by atoms with Gasteiger partial charge < -0.3 is 19.5 Å². The van der Waals surface area contributed by atoms with Crippen LogP contribution in [-0.2, 0) is 19.7 Å². The standard InChI is InChI=1S/C22H26N2O4/c1-4-13-11-24-8-7-21-16-9-14(25)5-6-17(16)23(2)22(21)18(24)10-15(13)20(21,12-28-22)19(26)27-3/h4-6,9,15,18,25H,7-8,10-12H2,1-3H3/b13-4-/t15?,18-,20-,21?,22?/m0/s1. The van der Waals surface area contributed by atoms with Gasteiger partial charge in [0.2, 0.25) is 0 Å². The van der Waals surface area contributed by atoms with Gasteiger partial charge in [-0.3, -0.25) is 9.69 Å². The monoisotopic (exact) mass is 382 g/mol. The second-order valence-corrected chi connectivity index (χ2v) is 9.00. The van der Waals surface area contributed by atoms with Crippen molar-refractivity contribution in [2.75, 3.05) is 38.8 Å². The lowest BCUT2D eigenvalue weighted by atomic mass is 9.43. The Balaban J connectivity index is 1.75. The van der Waals surface area contributed by atoms with E-state index in [9.17, 15) is 9.90 Å². The van der Waals surface area contributed by atoms with Crippen molar-refractivity contribution >= 4 is 11.7 Å². The largest absolute Gasteiger partial charge is 0.508 e. The molecule has 0 aromatic heterocycles. The zero-order chi connectivity index (χ0) is 19.5. The quantitative estimate of drug-likeness (QED) is 0.592. The Morgan fingerprint density at radius 3 is 3.00 bits per heavy atom. The highest BCUT2D eigenvalue weighted by Crippen LogP contribution is 2.76. The zero-order valence-electron chi connectivity index (χ0n) is 16.6. The highest BCUT2D eigenvalue weighted by atomic mass is 16.6. The number of hydrogen-bond donors (Lipinski definition) is 1. The number of phenolic OH excluding ortho intramolecular Hbond substituents is 1. The molecule has 1 aliphatic carbocycles. The van der Waals surface area contributed by atoms with Gasteiger partial charge in [-0.2, -0.15) is 0 Å². The summed E-state index contributed by atoms with van der Waals surface area (Å²) < 4.78 is 12.2. The summed E-state index contributed by atoms with van der Waals surface area (Å²) in [5.41, 5.74) is 1.54. The second-order valence-electron chi connectivity index (χ2n) is 9.00. The molecule has 4 aliphatic heterocycles. The van der Waals surface area contributed by atoms with Gasteiger partial charge in [0, 0.05) is 31.7 Å². The third-order valence-corrected chi connectivity index (χ3v) is 8.67. The number of fused-ring (bicyclic) bond motifs is 3. The number of esters is 1. The average Bonchev–Trinajstić information content (AvgIpc) is 3.08. The first-order valence-electron chi connectivity index (χ1n) is 10.2. The molecular formula is C22H26N2O4. The number of allylic oxidation sites excluding steroid dienone is 1. The molecule has 4 fully saturated rings. The minimum Gasteiger partial charge on any atom is -0.508 e. The summed E-state index contributed by atoms with van der Waals surface area (Å²) in [6, 6.07) is 5.79. The lowest BCUT2D eigenvalue weighted by Gasteiger charge is -2.66. The first kappa shape index (κ1) is 16.9. The van der Waals surface area contributed by atoms with Gasteiger partial charge in [0.25, 0.3) is 0 Å². The molecule has 0 radical (unpaired) electrons. The van der Waals surface area contributed by atoms with Crippen LogP contribution in [0.15, 0.2) is 29.8 Å². The van der Waals surface area contributed by atoms with Crippen LogP contribution in [0, 0.1) is 11.3 Å². The van der Waals surface area contributed by atoms with Crippen LogP contribution in [-0.4, -0.2) is 61.6 Å². The van der Waals surface area contributed by atoms with Crippen molar-refractivity contribution in [3.63, 3.8) is 0 Å². The van der Waals surface area contributed by atoms with E-state index in [1.54, 1.807) is 6.07 Å². The molecule has 1 N–H and O–H groups in total. The third-order valence-electron chi connectivity index (χ3n) is 8.67. The Morgan fingerprint density at radius 1 is 1.43 bits per heavy atom. The summed E-state index contributed by atoms with van der Waals surface area (Å²) in [7, 11) is 3.58. The molecule has 6 nitrogen and oxygen atoms in total. The number of hydrogen-bond acceptors (Lipinski definition) is 6. The predicted octanol–water partition coefficient (Wildman–Crippen LogP) is 2.02. The molecule has 0 spiro atoms. The van der Waals surface area contributed by atoms with Gasteiger partial charge in [-0.1, -0.05) is 11.6 Å². The van der Waals surface area contributed by atoms with E-state index >= 15 is 0 Å². The zero-order valence-corrected chi connectivity index (χ0v) is 16.6. The summed E-state index contributed by atoms with van der Waals surface area (Å²) in [6.45, 7) is 4.25. The predicted molar refractivity (Wildman–Crippen MR) is 103 cm³/mol. The fourth-order valence-corrected chi connectivity index (χ4v) is 7.78. The van der Waals surface area contributed by atoms with E-state index in [2.05, 4.69) is 29.8 Å². The van der Waals surface area contributed by atoms with Gasteiger partial charge in [0.1, 0.15) is 11.2 Å². The van der Waals surface area contributed by atoms with E-state index in [0.29, 0.717) is 6.61 Å². The molecule has 6 heteroatoms. The molecule has 1 saturated carbocycles. The van der Waals surface area contributed by atoms with E-state index in [1.165, 1.54) is 12.7 Å². The molecule has 1 aromatic rings. The molecule has 0 amide bonds. The van der Waals surface area contributed by atoms with Crippen LogP contribution in [0.25, 0.3) is 0 Å². The highest BCUT2D eigenvalue weighted by molar-refractivity contribution is 5.86. The van der Waals surface area contributed by atoms with Crippen molar-refractivity contribution in [1.82, 2.24) is 4.90 Å². The minimum atomic E-state index is -0.764. The molecule has 5 atom stereocenters. The topological polar surface area (TPSA) is 62.2 Å². The number of rotatable bonds is 1. The summed E-state index contributed by atoms with van der Waals surface area (Å²) in [5, 5.41) is 10.4. The average molecular weight is 382 g/mol. The number of aromatic hydroxyl groups is 1. The Labute approximate surface area is 164 Å². The Hall–Kier alpha value is -2.05. The van der Waals surface area contributed by atoms with Gasteiger partial charge in [-0.25, -0.2) is 0 Å². The number of carbonyl (C=O) groups is 1. The molecule has 4 heterocycles. The van der Waals surface area contributed by atoms with Crippen LogP contribution >= 0.6 is 0 Å². The van der Waals surface area contributed by atoms with Crippen LogP contribution < -0.4 is 4.90 Å². The van der Waals surface area contributed by atoms with Gasteiger partial charge >= 0.3 is 5.97 Å². The Morgan fingerprint density at radius 2 is 2.25 bits per heavy atom. The summed E-state index contributed by atoms with van der Waals surface area (Å²) in [5.74, 6) is 0.170. The first-order valence-corrected chi connectivity index (χ1v) is 10.2. The maximum absolute atomic E-state index is 13.6. The van der Waals surface area contributed by atoms with Gasteiger partial charge in [0.05, 0.1) is 25.2 Å². The van der Waals surface area contributed by atoms with Crippen molar-refractivity contribution < 1.29 is 19.4 Å². The van der Waals surface area contributed by atoms with E-state index < -0.39 is 16.6 Å².